The zero-order valence-corrected chi connectivity index (χ0v) is 13.5. The number of nitrogens with zero attached hydrogens (tertiary/aromatic N) is 2. The summed E-state index contributed by atoms with van der Waals surface area (Å²) < 4.78 is 41.7. The molecule has 6 nitrogen and oxygen atoms in total. The molecule has 0 saturated carbocycles. The smallest absolute Gasteiger partial charge is 0.244 e. The summed E-state index contributed by atoms with van der Waals surface area (Å²) in [6, 6.07) is 4.06. The average molecular weight is 339 g/mol. The van der Waals surface area contributed by atoms with Crippen molar-refractivity contribution in [3.05, 3.63) is 30.2 Å². The minimum atomic E-state index is -3.89. The van der Waals surface area contributed by atoms with E-state index in [9.17, 15) is 17.9 Å². The Morgan fingerprint density at radius 3 is 3.00 bits per heavy atom. The third-order valence-electron chi connectivity index (χ3n) is 4.06. The standard InChI is InChI=1S/C15H18FN3O3S/c1-10-8-17-6-3-7-19(10)23(21,22)13-5-2-4-11-14(13)12(16)9-18-15(11)20/h2,4-5,9-10,17H,3,6-8H2,1H3,(H,18,20)/t10-/m1/s1. The fourth-order valence-corrected chi connectivity index (χ4v) is 4.79. The van der Waals surface area contributed by atoms with Gasteiger partial charge in [-0.3, -0.25) is 0 Å². The lowest BCUT2D eigenvalue weighted by Gasteiger charge is -2.26. The number of halogens is 1. The van der Waals surface area contributed by atoms with Gasteiger partial charge in [-0.1, -0.05) is 6.07 Å². The van der Waals surface area contributed by atoms with Gasteiger partial charge in [0.15, 0.2) is 5.82 Å². The maximum atomic E-state index is 14.2. The molecule has 124 valence electrons. The molecule has 0 unspecified atom stereocenters. The van der Waals surface area contributed by atoms with E-state index >= 15 is 0 Å². The molecule has 2 aromatic rings. The van der Waals surface area contributed by atoms with E-state index in [0.29, 0.717) is 19.5 Å². The lowest BCUT2D eigenvalue weighted by molar-refractivity contribution is 0.353. The van der Waals surface area contributed by atoms with E-state index in [1.807, 2.05) is 6.92 Å². The second kappa shape index (κ2) is 6.03. The largest absolute Gasteiger partial charge is 0.493 e. The highest BCUT2D eigenvalue weighted by Gasteiger charge is 2.32. The van der Waals surface area contributed by atoms with Crippen molar-refractivity contribution in [2.75, 3.05) is 19.6 Å². The first-order valence-corrected chi connectivity index (χ1v) is 8.85. The molecule has 1 fully saturated rings. The molecule has 3 rings (SSSR count). The molecule has 1 aromatic heterocycles. The van der Waals surface area contributed by atoms with Crippen LogP contribution in [-0.2, 0) is 10.0 Å². The number of aromatic nitrogens is 1. The van der Waals surface area contributed by atoms with Crippen LogP contribution in [0.1, 0.15) is 13.3 Å². The molecule has 8 heteroatoms. The lowest BCUT2D eigenvalue weighted by atomic mass is 10.1. The van der Waals surface area contributed by atoms with Crippen LogP contribution in [0.15, 0.2) is 29.3 Å². The first-order valence-electron chi connectivity index (χ1n) is 7.41. The van der Waals surface area contributed by atoms with E-state index in [4.69, 9.17) is 0 Å². The van der Waals surface area contributed by atoms with Crippen LogP contribution in [0.4, 0.5) is 4.39 Å². The number of fused-ring (bicyclic) bond motifs is 1. The van der Waals surface area contributed by atoms with Gasteiger partial charge in [0.2, 0.25) is 15.9 Å². The van der Waals surface area contributed by atoms with Gasteiger partial charge in [0.1, 0.15) is 0 Å². The summed E-state index contributed by atoms with van der Waals surface area (Å²) >= 11 is 0. The quantitative estimate of drug-likeness (QED) is 0.865. The molecule has 0 radical (unpaired) electrons. The molecule has 1 saturated heterocycles. The van der Waals surface area contributed by atoms with Gasteiger partial charge in [-0.05, 0) is 32.0 Å². The highest BCUT2D eigenvalue weighted by atomic mass is 32.2. The minimum Gasteiger partial charge on any atom is -0.493 e. The summed E-state index contributed by atoms with van der Waals surface area (Å²) in [7, 11) is -3.89. The number of rotatable bonds is 2. The number of nitrogens with one attached hydrogen (secondary N) is 1. The Morgan fingerprint density at radius 1 is 1.43 bits per heavy atom. The fourth-order valence-electron chi connectivity index (χ4n) is 2.91. The van der Waals surface area contributed by atoms with Crippen LogP contribution in [-0.4, -0.2) is 48.5 Å². The Morgan fingerprint density at radius 2 is 2.22 bits per heavy atom. The third-order valence-corrected chi connectivity index (χ3v) is 6.11. The summed E-state index contributed by atoms with van der Waals surface area (Å²) in [5.41, 5.74) is 0. The zero-order chi connectivity index (χ0) is 16.6. The van der Waals surface area contributed by atoms with E-state index < -0.39 is 15.8 Å². The van der Waals surface area contributed by atoms with Crippen LogP contribution in [0.2, 0.25) is 0 Å². The molecule has 0 amide bonds. The van der Waals surface area contributed by atoms with E-state index in [1.165, 1.54) is 22.5 Å². The monoisotopic (exact) mass is 339 g/mol. The number of sulfonamides is 1. The van der Waals surface area contributed by atoms with Crippen LogP contribution in [0, 0.1) is 5.82 Å². The van der Waals surface area contributed by atoms with Gasteiger partial charge in [-0.15, -0.1) is 0 Å². The zero-order valence-electron chi connectivity index (χ0n) is 12.7. The first-order chi connectivity index (χ1) is 10.9. The first kappa shape index (κ1) is 16.1. The normalized spacial score (nSPS) is 20.5. The van der Waals surface area contributed by atoms with Crippen molar-refractivity contribution >= 4 is 20.8 Å². The highest BCUT2D eigenvalue weighted by Crippen LogP contribution is 2.32. The Hall–Kier alpha value is -1.77. The Labute approximate surface area is 134 Å². The Balaban J connectivity index is 2.21. The number of hydrogen-bond acceptors (Lipinski definition) is 5. The Bertz CT molecular complexity index is 841. The predicted molar refractivity (Wildman–Crippen MR) is 84.2 cm³/mol. The van der Waals surface area contributed by atoms with Crippen molar-refractivity contribution in [1.29, 1.82) is 0 Å². The predicted octanol–water partition coefficient (Wildman–Crippen LogP) is 1.45. The van der Waals surface area contributed by atoms with Gasteiger partial charge >= 0.3 is 0 Å². The molecule has 0 spiro atoms. The summed E-state index contributed by atoms with van der Waals surface area (Å²) in [5.74, 6) is -1.15. The highest BCUT2D eigenvalue weighted by molar-refractivity contribution is 7.89. The van der Waals surface area contributed by atoms with Gasteiger partial charge in [0.05, 0.1) is 11.1 Å². The maximum absolute atomic E-state index is 14.2. The average Bonchev–Trinajstić information content (AvgIpc) is 2.75. The molecule has 1 aliphatic rings. The number of pyridine rings is 1. The molecule has 1 aliphatic heterocycles. The summed E-state index contributed by atoms with van der Waals surface area (Å²) in [6.07, 6.45) is 1.52. The molecule has 0 aliphatic carbocycles. The summed E-state index contributed by atoms with van der Waals surface area (Å²) in [6.45, 7) is 3.46. The summed E-state index contributed by atoms with van der Waals surface area (Å²) in [4.78, 5) is 3.39. The number of benzene rings is 1. The molecule has 2 heterocycles. The maximum Gasteiger partial charge on any atom is 0.244 e. The SMILES string of the molecule is C[C@@H]1CNCCCN1S(=O)(=O)c1cccc2c(O)ncc(F)c12. The third kappa shape index (κ3) is 2.77. The van der Waals surface area contributed by atoms with Gasteiger partial charge in [0, 0.05) is 29.9 Å². The van der Waals surface area contributed by atoms with Crippen molar-refractivity contribution in [2.45, 2.75) is 24.3 Å². The van der Waals surface area contributed by atoms with Gasteiger partial charge in [-0.2, -0.15) is 4.31 Å². The molecule has 1 atom stereocenters. The minimum absolute atomic E-state index is 0.0895. The van der Waals surface area contributed by atoms with Crippen molar-refractivity contribution in [3.63, 3.8) is 0 Å². The van der Waals surface area contributed by atoms with E-state index in [0.717, 1.165) is 12.7 Å². The van der Waals surface area contributed by atoms with Crippen molar-refractivity contribution in [1.82, 2.24) is 14.6 Å². The van der Waals surface area contributed by atoms with Gasteiger partial charge in [-0.25, -0.2) is 17.8 Å². The Kier molecular flexibility index (Phi) is 4.22. The molecule has 1 aromatic carbocycles. The van der Waals surface area contributed by atoms with Crippen molar-refractivity contribution < 1.29 is 17.9 Å². The lowest BCUT2D eigenvalue weighted by Crippen LogP contribution is -2.41. The topological polar surface area (TPSA) is 82.5 Å². The molecule has 23 heavy (non-hydrogen) atoms. The summed E-state index contributed by atoms with van der Waals surface area (Å²) in [5, 5.41) is 12.9. The van der Waals surface area contributed by atoms with Gasteiger partial charge in [0.25, 0.3) is 0 Å². The van der Waals surface area contributed by atoms with Crippen LogP contribution in [0.3, 0.4) is 0 Å². The van der Waals surface area contributed by atoms with Crippen LogP contribution in [0.25, 0.3) is 10.8 Å². The molecular formula is C15H18FN3O3S. The van der Waals surface area contributed by atoms with E-state index in [1.54, 1.807) is 0 Å². The molecule has 0 bridgehead atoms. The number of hydrogen-bond donors (Lipinski definition) is 2. The van der Waals surface area contributed by atoms with Crippen LogP contribution in [0.5, 0.6) is 5.88 Å². The van der Waals surface area contributed by atoms with Crippen LogP contribution < -0.4 is 5.32 Å². The van der Waals surface area contributed by atoms with Gasteiger partial charge < -0.3 is 10.4 Å². The van der Waals surface area contributed by atoms with E-state index in [2.05, 4.69) is 10.3 Å². The van der Waals surface area contributed by atoms with Crippen molar-refractivity contribution in [2.24, 2.45) is 0 Å². The van der Waals surface area contributed by atoms with E-state index in [-0.39, 0.29) is 27.6 Å². The second-order valence-electron chi connectivity index (χ2n) is 5.63. The fraction of sp³-hybridized carbons (Fsp3) is 0.400. The second-order valence-corrected chi connectivity index (χ2v) is 7.49. The molecule has 2 N–H and O–H groups in total. The van der Waals surface area contributed by atoms with Crippen molar-refractivity contribution in [3.8, 4) is 5.88 Å². The number of aromatic hydroxyl groups is 1. The van der Waals surface area contributed by atoms with Crippen LogP contribution >= 0.6 is 0 Å². The molecular weight excluding hydrogens is 321 g/mol.